The lowest BCUT2D eigenvalue weighted by molar-refractivity contribution is 0.626. The molecule has 0 aliphatic heterocycles. The molecule has 0 amide bonds. The molecule has 10 heavy (non-hydrogen) atoms. The van der Waals surface area contributed by atoms with Crippen LogP contribution in [0.15, 0.2) is 24.8 Å². The van der Waals surface area contributed by atoms with Gasteiger partial charge in [-0.25, -0.2) is 4.39 Å². The summed E-state index contributed by atoms with van der Waals surface area (Å²) in [5, 5.41) is 0. The van der Waals surface area contributed by atoms with Crippen LogP contribution < -0.4 is 0 Å². The molecule has 0 aliphatic rings. The third-order valence-electron chi connectivity index (χ3n) is 1.30. The van der Waals surface area contributed by atoms with E-state index in [2.05, 4.69) is 6.58 Å². The maximum absolute atomic E-state index is 12.6. The van der Waals surface area contributed by atoms with E-state index in [0.29, 0.717) is 0 Å². The van der Waals surface area contributed by atoms with Gasteiger partial charge in [0.1, 0.15) is 5.82 Å². The van der Waals surface area contributed by atoms with Gasteiger partial charge in [0.2, 0.25) is 0 Å². The highest BCUT2D eigenvalue weighted by Crippen LogP contribution is 2.08. The predicted octanol–water partition coefficient (Wildman–Crippen LogP) is 2.78. The van der Waals surface area contributed by atoms with Crippen molar-refractivity contribution in [1.82, 2.24) is 0 Å². The third-order valence-corrected chi connectivity index (χ3v) is 1.30. The van der Waals surface area contributed by atoms with Gasteiger partial charge in [-0.15, -0.1) is 0 Å². The van der Waals surface area contributed by atoms with Crippen molar-refractivity contribution in [1.29, 1.82) is 0 Å². The van der Waals surface area contributed by atoms with E-state index in [-0.39, 0.29) is 5.82 Å². The largest absolute Gasteiger partial charge is 0.207 e. The molecule has 0 N–H and O–H groups in total. The van der Waals surface area contributed by atoms with Crippen LogP contribution in [0.3, 0.4) is 0 Å². The zero-order chi connectivity index (χ0) is 7.56. The van der Waals surface area contributed by atoms with Crippen LogP contribution in [0, 0.1) is 12.7 Å². The first-order valence-corrected chi connectivity index (χ1v) is 3.12. The van der Waals surface area contributed by atoms with Gasteiger partial charge >= 0.3 is 0 Å². The highest BCUT2D eigenvalue weighted by Gasteiger charge is 1.92. The highest BCUT2D eigenvalue weighted by atomic mass is 19.1. The second kappa shape index (κ2) is 2.65. The summed E-state index contributed by atoms with van der Waals surface area (Å²) in [7, 11) is 0. The molecule has 0 saturated carbocycles. The molecule has 1 heteroatoms. The van der Waals surface area contributed by atoms with Gasteiger partial charge in [-0.1, -0.05) is 18.7 Å². The van der Waals surface area contributed by atoms with E-state index in [1.807, 2.05) is 13.0 Å². The number of rotatable bonds is 1. The van der Waals surface area contributed by atoms with E-state index < -0.39 is 0 Å². The smallest absolute Gasteiger partial charge is 0.124 e. The summed E-state index contributed by atoms with van der Waals surface area (Å²) in [6.45, 7) is 5.40. The molecule has 0 fully saturated rings. The Morgan fingerprint density at radius 3 is 2.60 bits per heavy atom. The van der Waals surface area contributed by atoms with Gasteiger partial charge in [0.15, 0.2) is 0 Å². The number of hydrogen-bond acceptors (Lipinski definition) is 0. The van der Waals surface area contributed by atoms with Crippen LogP contribution >= 0.6 is 0 Å². The van der Waals surface area contributed by atoms with Crippen molar-refractivity contribution < 1.29 is 4.39 Å². The van der Waals surface area contributed by atoms with Crippen molar-refractivity contribution in [3.05, 3.63) is 41.7 Å². The average Bonchev–Trinajstić information content (AvgIpc) is 1.85. The lowest BCUT2D eigenvalue weighted by Crippen LogP contribution is -1.79. The molecule has 1 rings (SSSR count). The Bertz CT molecular complexity index is 231. The summed E-state index contributed by atoms with van der Waals surface area (Å²) in [6, 6.07) is 4.84. The predicted molar refractivity (Wildman–Crippen MR) is 41.2 cm³/mol. The minimum atomic E-state index is -0.199. The monoisotopic (exact) mass is 136 g/mol. The fourth-order valence-electron chi connectivity index (χ4n) is 0.882. The first kappa shape index (κ1) is 7.00. The van der Waals surface area contributed by atoms with Crippen molar-refractivity contribution in [2.75, 3.05) is 0 Å². The van der Waals surface area contributed by atoms with Crippen LogP contribution in [0.5, 0.6) is 0 Å². The van der Waals surface area contributed by atoms with Crippen LogP contribution in [0.2, 0.25) is 0 Å². The number of aryl methyl sites for hydroxylation is 1. The lowest BCUT2D eigenvalue weighted by Gasteiger charge is -1.95. The Kier molecular flexibility index (Phi) is 1.86. The maximum Gasteiger partial charge on any atom is 0.124 e. The van der Waals surface area contributed by atoms with Gasteiger partial charge in [0.25, 0.3) is 0 Å². The molecular weight excluding hydrogens is 127 g/mol. The normalized spacial score (nSPS) is 9.40. The van der Waals surface area contributed by atoms with E-state index in [1.54, 1.807) is 6.08 Å². The Balaban J connectivity index is 3.18. The SMILES string of the molecule is C=Cc1cc(C)cc(F)c1. The molecule has 1 aromatic carbocycles. The number of hydrogen-bond donors (Lipinski definition) is 0. The van der Waals surface area contributed by atoms with E-state index in [1.165, 1.54) is 12.1 Å². The van der Waals surface area contributed by atoms with Crippen molar-refractivity contribution in [3.8, 4) is 0 Å². The summed E-state index contributed by atoms with van der Waals surface area (Å²) in [4.78, 5) is 0. The fraction of sp³-hybridized carbons (Fsp3) is 0.111. The molecule has 0 nitrogen and oxygen atoms in total. The molecule has 0 aromatic heterocycles. The van der Waals surface area contributed by atoms with E-state index in [9.17, 15) is 4.39 Å². The standard InChI is InChI=1S/C9H9F/c1-3-8-4-7(2)5-9(10)6-8/h3-6H,1H2,2H3. The van der Waals surface area contributed by atoms with Crippen molar-refractivity contribution in [3.63, 3.8) is 0 Å². The van der Waals surface area contributed by atoms with Crippen molar-refractivity contribution in [2.45, 2.75) is 6.92 Å². The van der Waals surface area contributed by atoms with Gasteiger partial charge in [-0.2, -0.15) is 0 Å². The molecule has 0 bridgehead atoms. The first-order chi connectivity index (χ1) is 4.72. The summed E-state index contributed by atoms with van der Waals surface area (Å²) in [5.41, 5.74) is 1.76. The van der Waals surface area contributed by atoms with Crippen LogP contribution in [0.4, 0.5) is 4.39 Å². The van der Waals surface area contributed by atoms with Crippen molar-refractivity contribution in [2.24, 2.45) is 0 Å². The van der Waals surface area contributed by atoms with Crippen molar-refractivity contribution >= 4 is 6.08 Å². The Morgan fingerprint density at radius 2 is 2.10 bits per heavy atom. The van der Waals surface area contributed by atoms with Gasteiger partial charge in [-0.3, -0.25) is 0 Å². The van der Waals surface area contributed by atoms with E-state index >= 15 is 0 Å². The lowest BCUT2D eigenvalue weighted by atomic mass is 10.1. The minimum Gasteiger partial charge on any atom is -0.207 e. The van der Waals surface area contributed by atoms with Crippen LogP contribution in [-0.4, -0.2) is 0 Å². The Morgan fingerprint density at radius 1 is 1.40 bits per heavy atom. The molecule has 0 heterocycles. The third kappa shape index (κ3) is 1.44. The maximum atomic E-state index is 12.6. The van der Waals surface area contributed by atoms with Crippen LogP contribution in [0.1, 0.15) is 11.1 Å². The Hall–Kier alpha value is -1.11. The topological polar surface area (TPSA) is 0 Å². The van der Waals surface area contributed by atoms with Crippen LogP contribution in [0.25, 0.3) is 6.08 Å². The van der Waals surface area contributed by atoms with Gasteiger partial charge in [0, 0.05) is 0 Å². The molecule has 0 radical (unpaired) electrons. The molecular formula is C9H9F. The Labute approximate surface area is 60.0 Å². The first-order valence-electron chi connectivity index (χ1n) is 3.12. The van der Waals surface area contributed by atoms with E-state index in [4.69, 9.17) is 0 Å². The zero-order valence-electron chi connectivity index (χ0n) is 5.89. The van der Waals surface area contributed by atoms with E-state index in [0.717, 1.165) is 11.1 Å². The van der Waals surface area contributed by atoms with Gasteiger partial charge in [0.05, 0.1) is 0 Å². The van der Waals surface area contributed by atoms with Gasteiger partial charge < -0.3 is 0 Å². The zero-order valence-corrected chi connectivity index (χ0v) is 5.89. The number of halogens is 1. The number of benzene rings is 1. The summed E-state index contributed by atoms with van der Waals surface area (Å²) in [5.74, 6) is -0.199. The van der Waals surface area contributed by atoms with Crippen LogP contribution in [-0.2, 0) is 0 Å². The summed E-state index contributed by atoms with van der Waals surface area (Å²) < 4.78 is 12.6. The summed E-state index contributed by atoms with van der Waals surface area (Å²) >= 11 is 0. The summed E-state index contributed by atoms with van der Waals surface area (Å²) in [6.07, 6.45) is 1.64. The average molecular weight is 136 g/mol. The molecule has 0 spiro atoms. The second-order valence-corrected chi connectivity index (χ2v) is 2.27. The minimum absolute atomic E-state index is 0.199. The second-order valence-electron chi connectivity index (χ2n) is 2.27. The molecule has 0 saturated heterocycles. The highest BCUT2D eigenvalue weighted by molar-refractivity contribution is 5.47. The molecule has 0 aliphatic carbocycles. The van der Waals surface area contributed by atoms with Gasteiger partial charge in [-0.05, 0) is 30.2 Å². The fourth-order valence-corrected chi connectivity index (χ4v) is 0.882. The molecule has 52 valence electrons. The quantitative estimate of drug-likeness (QED) is 0.556. The molecule has 0 atom stereocenters. The molecule has 0 unspecified atom stereocenters. The molecule has 1 aromatic rings.